The Morgan fingerprint density at radius 1 is 1.18 bits per heavy atom. The van der Waals surface area contributed by atoms with Crippen molar-refractivity contribution in [2.75, 3.05) is 45.1 Å². The Labute approximate surface area is 172 Å². The Balaban J connectivity index is 1.77. The summed E-state index contributed by atoms with van der Waals surface area (Å²) in [5.74, 6) is 0.692. The number of carbonyl (C=O) groups is 2. The maximum absolute atomic E-state index is 12.5. The van der Waals surface area contributed by atoms with Gasteiger partial charge in [0.15, 0.2) is 0 Å². The summed E-state index contributed by atoms with van der Waals surface area (Å²) in [5.41, 5.74) is 1.29. The number of rotatable bonds is 10. The molecule has 1 unspecified atom stereocenters. The quantitative estimate of drug-likeness (QED) is 0.460. The van der Waals surface area contributed by atoms with Gasteiger partial charge in [-0.05, 0) is 36.6 Å². The third kappa shape index (κ3) is 8.20. The molecule has 1 aliphatic heterocycles. The monoisotopic (exact) mass is 407 g/mol. The van der Waals surface area contributed by atoms with E-state index >= 15 is 0 Å². The molecule has 1 aromatic carbocycles. The van der Waals surface area contributed by atoms with E-state index in [0.29, 0.717) is 18.2 Å². The van der Waals surface area contributed by atoms with Crippen LogP contribution >= 0.6 is 11.8 Å². The van der Waals surface area contributed by atoms with E-state index in [-0.39, 0.29) is 11.8 Å². The number of carbonyl (C=O) groups excluding carboxylic acids is 2. The molecule has 0 aliphatic carbocycles. The van der Waals surface area contributed by atoms with Crippen molar-refractivity contribution >= 4 is 23.6 Å². The van der Waals surface area contributed by atoms with E-state index in [1.807, 2.05) is 0 Å². The van der Waals surface area contributed by atoms with Crippen molar-refractivity contribution in [3.63, 3.8) is 0 Å². The molecule has 6 nitrogen and oxygen atoms in total. The highest BCUT2D eigenvalue weighted by Crippen LogP contribution is 2.22. The molecule has 1 aliphatic rings. The van der Waals surface area contributed by atoms with E-state index in [2.05, 4.69) is 53.6 Å². The van der Waals surface area contributed by atoms with E-state index in [1.165, 1.54) is 12.5 Å². The van der Waals surface area contributed by atoms with E-state index in [0.717, 1.165) is 44.2 Å². The van der Waals surface area contributed by atoms with Crippen molar-refractivity contribution in [1.82, 2.24) is 15.5 Å². The number of amides is 2. The van der Waals surface area contributed by atoms with E-state index in [1.54, 1.807) is 11.8 Å². The van der Waals surface area contributed by atoms with Crippen molar-refractivity contribution in [2.24, 2.45) is 0 Å². The topological polar surface area (TPSA) is 70.7 Å². The maximum atomic E-state index is 12.5. The van der Waals surface area contributed by atoms with E-state index < -0.39 is 6.04 Å². The number of morpholine rings is 1. The lowest BCUT2D eigenvalue weighted by Gasteiger charge is -2.26. The molecule has 1 saturated heterocycles. The molecule has 156 valence electrons. The number of benzene rings is 1. The lowest BCUT2D eigenvalue weighted by Crippen LogP contribution is -2.48. The lowest BCUT2D eigenvalue weighted by atomic mass is 10.0. The van der Waals surface area contributed by atoms with Crippen molar-refractivity contribution in [3.8, 4) is 0 Å². The third-order valence-corrected chi connectivity index (χ3v) is 5.82. The minimum atomic E-state index is -0.532. The zero-order valence-corrected chi connectivity index (χ0v) is 18.0. The van der Waals surface area contributed by atoms with Gasteiger partial charge in [-0.1, -0.05) is 26.0 Å². The zero-order valence-electron chi connectivity index (χ0n) is 17.2. The lowest BCUT2D eigenvalue weighted by molar-refractivity contribution is -0.127. The van der Waals surface area contributed by atoms with Gasteiger partial charge in [0.1, 0.15) is 6.04 Å². The first kappa shape index (κ1) is 22.7. The second-order valence-corrected chi connectivity index (χ2v) is 8.48. The normalized spacial score (nSPS) is 16.0. The molecule has 0 saturated carbocycles. The summed E-state index contributed by atoms with van der Waals surface area (Å²) in [6.45, 7) is 10.8. The van der Waals surface area contributed by atoms with Crippen LogP contribution < -0.4 is 10.6 Å². The van der Waals surface area contributed by atoms with Crippen LogP contribution in [0.2, 0.25) is 0 Å². The van der Waals surface area contributed by atoms with Crippen LogP contribution in [0.3, 0.4) is 0 Å². The highest BCUT2D eigenvalue weighted by molar-refractivity contribution is 7.99. The summed E-state index contributed by atoms with van der Waals surface area (Å²) in [7, 11) is 0. The van der Waals surface area contributed by atoms with Crippen LogP contribution in [0.1, 0.15) is 38.7 Å². The molecule has 1 fully saturated rings. The van der Waals surface area contributed by atoms with E-state index in [4.69, 9.17) is 4.74 Å². The molecule has 1 atom stereocenters. The van der Waals surface area contributed by atoms with Gasteiger partial charge in [-0.25, -0.2) is 0 Å². The maximum Gasteiger partial charge on any atom is 0.243 e. The second kappa shape index (κ2) is 12.1. The standard InChI is InChI=1S/C21H33N3O3S/c1-16(2)18-5-7-19(8-6-18)28-15-20(23-17(3)25)21(26)22-9-4-10-24-11-13-27-14-12-24/h5-8,16,20H,4,9-15H2,1-3H3,(H,22,26)(H,23,25). The van der Waals surface area contributed by atoms with Crippen molar-refractivity contribution in [1.29, 1.82) is 0 Å². The molecule has 7 heteroatoms. The Bertz CT molecular complexity index is 616. The smallest absolute Gasteiger partial charge is 0.243 e. The SMILES string of the molecule is CC(=O)NC(CSc1ccc(C(C)C)cc1)C(=O)NCCCN1CCOCC1. The fraction of sp³-hybridized carbons (Fsp3) is 0.619. The summed E-state index contributed by atoms with van der Waals surface area (Å²) < 4.78 is 5.34. The van der Waals surface area contributed by atoms with Crippen molar-refractivity contribution in [2.45, 2.75) is 44.0 Å². The Kier molecular flexibility index (Phi) is 9.81. The number of nitrogens with one attached hydrogen (secondary N) is 2. The summed E-state index contributed by atoms with van der Waals surface area (Å²) in [6.07, 6.45) is 0.891. The molecule has 0 spiro atoms. The molecule has 0 bridgehead atoms. The number of hydrogen-bond donors (Lipinski definition) is 2. The molecular weight excluding hydrogens is 374 g/mol. The average molecular weight is 408 g/mol. The van der Waals surface area contributed by atoms with Gasteiger partial charge in [-0.2, -0.15) is 0 Å². The summed E-state index contributed by atoms with van der Waals surface area (Å²) in [4.78, 5) is 27.5. The van der Waals surface area contributed by atoms with Crippen LogP contribution in [0.15, 0.2) is 29.2 Å². The fourth-order valence-corrected chi connectivity index (χ4v) is 3.94. The van der Waals surface area contributed by atoms with Crippen LogP contribution in [-0.2, 0) is 14.3 Å². The summed E-state index contributed by atoms with van der Waals surface area (Å²) in [5, 5.41) is 5.73. The van der Waals surface area contributed by atoms with Crippen molar-refractivity contribution < 1.29 is 14.3 Å². The van der Waals surface area contributed by atoms with Gasteiger partial charge in [-0.3, -0.25) is 14.5 Å². The highest BCUT2D eigenvalue weighted by Gasteiger charge is 2.19. The number of nitrogens with zero attached hydrogens (tertiary/aromatic N) is 1. The molecule has 2 rings (SSSR count). The van der Waals surface area contributed by atoms with Gasteiger partial charge in [-0.15, -0.1) is 11.8 Å². The molecular formula is C21H33N3O3S. The molecule has 0 aromatic heterocycles. The van der Waals surface area contributed by atoms with Crippen LogP contribution in [0.4, 0.5) is 0 Å². The van der Waals surface area contributed by atoms with Crippen LogP contribution in [0.25, 0.3) is 0 Å². The van der Waals surface area contributed by atoms with Gasteiger partial charge >= 0.3 is 0 Å². The molecule has 28 heavy (non-hydrogen) atoms. The first-order valence-corrected chi connectivity index (χ1v) is 11.0. The Morgan fingerprint density at radius 3 is 2.46 bits per heavy atom. The number of thioether (sulfide) groups is 1. The van der Waals surface area contributed by atoms with Crippen LogP contribution in [0, 0.1) is 0 Å². The largest absolute Gasteiger partial charge is 0.379 e. The summed E-state index contributed by atoms with van der Waals surface area (Å²) >= 11 is 1.58. The van der Waals surface area contributed by atoms with Crippen LogP contribution in [0.5, 0.6) is 0 Å². The predicted molar refractivity (Wildman–Crippen MR) is 114 cm³/mol. The molecule has 0 radical (unpaired) electrons. The van der Waals surface area contributed by atoms with E-state index in [9.17, 15) is 9.59 Å². The fourth-order valence-electron chi connectivity index (χ4n) is 3.02. The Morgan fingerprint density at radius 2 is 1.86 bits per heavy atom. The molecule has 2 amide bonds. The number of hydrogen-bond acceptors (Lipinski definition) is 5. The van der Waals surface area contributed by atoms with Gasteiger partial charge < -0.3 is 15.4 Å². The predicted octanol–water partition coefficient (Wildman–Crippen LogP) is 2.25. The van der Waals surface area contributed by atoms with Gasteiger partial charge in [0, 0.05) is 37.2 Å². The third-order valence-electron chi connectivity index (χ3n) is 4.71. The highest BCUT2D eigenvalue weighted by atomic mass is 32.2. The first-order valence-electron chi connectivity index (χ1n) is 10.0. The minimum Gasteiger partial charge on any atom is -0.379 e. The minimum absolute atomic E-state index is 0.122. The molecule has 1 aromatic rings. The second-order valence-electron chi connectivity index (χ2n) is 7.39. The average Bonchev–Trinajstić information content (AvgIpc) is 2.69. The van der Waals surface area contributed by atoms with Gasteiger partial charge in [0.05, 0.1) is 13.2 Å². The molecule has 2 N–H and O–H groups in total. The molecule has 1 heterocycles. The Hall–Kier alpha value is -1.57. The van der Waals surface area contributed by atoms with Gasteiger partial charge in [0.2, 0.25) is 11.8 Å². The van der Waals surface area contributed by atoms with Gasteiger partial charge in [0.25, 0.3) is 0 Å². The number of ether oxygens (including phenoxy) is 1. The first-order chi connectivity index (χ1) is 13.5. The zero-order chi connectivity index (χ0) is 20.4. The van der Waals surface area contributed by atoms with Crippen molar-refractivity contribution in [3.05, 3.63) is 29.8 Å². The summed E-state index contributed by atoms with van der Waals surface area (Å²) in [6, 6.07) is 7.85. The van der Waals surface area contributed by atoms with Crippen LogP contribution in [-0.4, -0.2) is 67.9 Å².